The van der Waals surface area contributed by atoms with Crippen molar-refractivity contribution >= 4 is 5.91 Å². The van der Waals surface area contributed by atoms with Crippen molar-refractivity contribution < 1.29 is 13.9 Å². The summed E-state index contributed by atoms with van der Waals surface area (Å²) in [6.07, 6.45) is 0.698. The lowest BCUT2D eigenvalue weighted by Gasteiger charge is -2.33. The molecule has 0 spiro atoms. The Labute approximate surface area is 136 Å². The molecule has 1 amide bonds. The Hall–Kier alpha value is -2.14. The second-order valence-corrected chi connectivity index (χ2v) is 6.55. The Kier molecular flexibility index (Phi) is 4.22. The monoisotopic (exact) mass is 314 g/mol. The fraction of sp³-hybridized carbons (Fsp3) is 0.444. The number of ether oxygens (including phenoxy) is 1. The third-order valence-electron chi connectivity index (χ3n) is 4.12. The average molecular weight is 314 g/mol. The van der Waals surface area contributed by atoms with Crippen LogP contribution in [0.5, 0.6) is 0 Å². The normalized spacial score (nSPS) is 14.7. The van der Waals surface area contributed by atoms with Crippen molar-refractivity contribution in [3.05, 3.63) is 41.8 Å². The highest BCUT2D eigenvalue weighted by Gasteiger charge is 2.35. The Morgan fingerprint density at radius 3 is 2.78 bits per heavy atom. The molecule has 0 bridgehead atoms. The van der Waals surface area contributed by atoms with Crippen LogP contribution in [-0.4, -0.2) is 36.1 Å². The summed E-state index contributed by atoms with van der Waals surface area (Å²) < 4.78 is 11.0. The summed E-state index contributed by atoms with van der Waals surface area (Å²) in [6.45, 7) is 5.38. The number of aromatic nitrogens is 1. The lowest BCUT2D eigenvalue weighted by atomic mass is 9.92. The van der Waals surface area contributed by atoms with Crippen LogP contribution in [0.15, 0.2) is 34.7 Å². The Morgan fingerprint density at radius 1 is 1.35 bits per heavy atom. The van der Waals surface area contributed by atoms with Gasteiger partial charge in [0.05, 0.1) is 18.6 Å². The summed E-state index contributed by atoms with van der Waals surface area (Å²) >= 11 is 0. The molecular formula is C18H22N2O3. The molecule has 5 heteroatoms. The number of carbonyl (C=O) groups excluding carboxylic acids is 1. The number of methoxy groups -OCH3 is 1. The lowest BCUT2D eigenvalue weighted by Crippen LogP contribution is -2.45. The molecule has 0 saturated carbocycles. The number of hydrogen-bond donors (Lipinski definition) is 0. The highest BCUT2D eigenvalue weighted by Crippen LogP contribution is 2.28. The van der Waals surface area contributed by atoms with Gasteiger partial charge < -0.3 is 14.1 Å². The van der Waals surface area contributed by atoms with Gasteiger partial charge in [0.25, 0.3) is 0 Å². The first kappa shape index (κ1) is 15.7. The molecule has 122 valence electrons. The standard InChI is InChI=1S/C18H22N2O3/c1-18(2,12-22-3)17(21)20-10-9-15-14(11-20)19-16(23-15)13-7-5-4-6-8-13/h4-8H,9-12H2,1-3H3. The zero-order valence-electron chi connectivity index (χ0n) is 13.8. The van der Waals surface area contributed by atoms with Gasteiger partial charge in [0.1, 0.15) is 11.5 Å². The quantitative estimate of drug-likeness (QED) is 0.871. The first-order valence-corrected chi connectivity index (χ1v) is 7.83. The van der Waals surface area contributed by atoms with Crippen molar-refractivity contribution in [2.24, 2.45) is 5.41 Å². The molecule has 5 nitrogen and oxygen atoms in total. The molecule has 0 saturated heterocycles. The molecule has 1 aliphatic rings. The number of benzene rings is 1. The van der Waals surface area contributed by atoms with Crippen LogP contribution in [-0.2, 0) is 22.5 Å². The Morgan fingerprint density at radius 2 is 2.09 bits per heavy atom. The van der Waals surface area contributed by atoms with Crippen molar-refractivity contribution in [3.8, 4) is 11.5 Å². The second kappa shape index (κ2) is 6.16. The van der Waals surface area contributed by atoms with Crippen LogP contribution in [0.4, 0.5) is 0 Å². The highest BCUT2D eigenvalue weighted by molar-refractivity contribution is 5.82. The lowest BCUT2D eigenvalue weighted by molar-refractivity contribution is -0.144. The predicted octanol–water partition coefficient (Wildman–Crippen LogP) is 2.90. The maximum absolute atomic E-state index is 12.7. The summed E-state index contributed by atoms with van der Waals surface area (Å²) in [5, 5.41) is 0. The minimum atomic E-state index is -0.530. The summed E-state index contributed by atoms with van der Waals surface area (Å²) in [5.74, 6) is 1.60. The Bertz CT molecular complexity index is 692. The van der Waals surface area contributed by atoms with Crippen LogP contribution in [0.1, 0.15) is 25.3 Å². The minimum absolute atomic E-state index is 0.0919. The summed E-state index contributed by atoms with van der Waals surface area (Å²) in [5.41, 5.74) is 1.29. The van der Waals surface area contributed by atoms with E-state index in [4.69, 9.17) is 9.15 Å². The second-order valence-electron chi connectivity index (χ2n) is 6.55. The van der Waals surface area contributed by atoms with Gasteiger partial charge in [-0.25, -0.2) is 4.98 Å². The van der Waals surface area contributed by atoms with Gasteiger partial charge in [-0.15, -0.1) is 0 Å². The molecule has 2 aromatic rings. The van der Waals surface area contributed by atoms with Crippen LogP contribution in [0.25, 0.3) is 11.5 Å². The number of nitrogens with zero attached hydrogens (tertiary/aromatic N) is 2. The van der Waals surface area contributed by atoms with Gasteiger partial charge in [0.15, 0.2) is 0 Å². The fourth-order valence-electron chi connectivity index (χ4n) is 2.93. The molecule has 0 fully saturated rings. The molecule has 23 heavy (non-hydrogen) atoms. The molecule has 0 N–H and O–H groups in total. The number of oxazole rings is 1. The molecule has 3 rings (SSSR count). The van der Waals surface area contributed by atoms with Crippen LogP contribution < -0.4 is 0 Å². The van der Waals surface area contributed by atoms with E-state index < -0.39 is 5.41 Å². The van der Waals surface area contributed by atoms with Crippen LogP contribution in [0.3, 0.4) is 0 Å². The van der Waals surface area contributed by atoms with E-state index in [1.165, 1.54) is 0 Å². The van der Waals surface area contributed by atoms with E-state index >= 15 is 0 Å². The van der Waals surface area contributed by atoms with E-state index in [1.807, 2.05) is 49.1 Å². The maximum atomic E-state index is 12.7. The van der Waals surface area contributed by atoms with Crippen molar-refractivity contribution in [2.45, 2.75) is 26.8 Å². The van der Waals surface area contributed by atoms with Gasteiger partial charge >= 0.3 is 0 Å². The van der Waals surface area contributed by atoms with E-state index in [1.54, 1.807) is 7.11 Å². The smallest absolute Gasteiger partial charge is 0.230 e. The zero-order valence-corrected chi connectivity index (χ0v) is 13.8. The van der Waals surface area contributed by atoms with Crippen molar-refractivity contribution in [3.63, 3.8) is 0 Å². The van der Waals surface area contributed by atoms with Crippen LogP contribution >= 0.6 is 0 Å². The minimum Gasteiger partial charge on any atom is -0.441 e. The predicted molar refractivity (Wildman–Crippen MR) is 86.7 cm³/mol. The third-order valence-corrected chi connectivity index (χ3v) is 4.12. The molecule has 0 aliphatic carbocycles. The maximum Gasteiger partial charge on any atom is 0.230 e. The van der Waals surface area contributed by atoms with E-state index in [-0.39, 0.29) is 5.91 Å². The number of amides is 1. The van der Waals surface area contributed by atoms with E-state index in [0.29, 0.717) is 32.0 Å². The highest BCUT2D eigenvalue weighted by atomic mass is 16.5. The van der Waals surface area contributed by atoms with Gasteiger partial charge in [-0.3, -0.25) is 4.79 Å². The molecular weight excluding hydrogens is 292 g/mol. The molecule has 0 radical (unpaired) electrons. The van der Waals surface area contributed by atoms with Gasteiger partial charge in [-0.2, -0.15) is 0 Å². The van der Waals surface area contributed by atoms with Crippen LogP contribution in [0.2, 0.25) is 0 Å². The Balaban J connectivity index is 1.79. The average Bonchev–Trinajstić information content (AvgIpc) is 2.98. The molecule has 0 unspecified atom stereocenters. The van der Waals surface area contributed by atoms with Crippen molar-refractivity contribution in [1.29, 1.82) is 0 Å². The fourth-order valence-corrected chi connectivity index (χ4v) is 2.93. The summed E-state index contributed by atoms with van der Waals surface area (Å²) in [4.78, 5) is 19.1. The van der Waals surface area contributed by atoms with Gasteiger partial charge in [-0.05, 0) is 26.0 Å². The number of hydrogen-bond acceptors (Lipinski definition) is 4. The van der Waals surface area contributed by atoms with E-state index in [2.05, 4.69) is 4.98 Å². The number of fused-ring (bicyclic) bond motifs is 1. The third kappa shape index (κ3) is 3.15. The number of rotatable bonds is 4. The number of carbonyl (C=O) groups is 1. The molecule has 1 aliphatic heterocycles. The topological polar surface area (TPSA) is 55.6 Å². The molecule has 1 aromatic carbocycles. The van der Waals surface area contributed by atoms with E-state index in [0.717, 1.165) is 17.0 Å². The molecule has 1 aromatic heterocycles. The summed E-state index contributed by atoms with van der Waals surface area (Å²) in [6, 6.07) is 9.83. The SMILES string of the molecule is COCC(C)(C)C(=O)N1CCc2oc(-c3ccccc3)nc2C1. The van der Waals surface area contributed by atoms with Crippen molar-refractivity contribution in [1.82, 2.24) is 9.88 Å². The van der Waals surface area contributed by atoms with Gasteiger partial charge in [-0.1, -0.05) is 18.2 Å². The van der Waals surface area contributed by atoms with E-state index in [9.17, 15) is 4.79 Å². The van der Waals surface area contributed by atoms with Gasteiger partial charge in [0, 0.05) is 25.6 Å². The first-order chi connectivity index (χ1) is 11.0. The zero-order chi connectivity index (χ0) is 16.4. The largest absolute Gasteiger partial charge is 0.441 e. The molecule has 0 atom stereocenters. The summed E-state index contributed by atoms with van der Waals surface area (Å²) in [7, 11) is 1.62. The van der Waals surface area contributed by atoms with Crippen LogP contribution in [0, 0.1) is 5.41 Å². The van der Waals surface area contributed by atoms with Crippen molar-refractivity contribution in [2.75, 3.05) is 20.3 Å². The van der Waals surface area contributed by atoms with Gasteiger partial charge in [0.2, 0.25) is 11.8 Å². The first-order valence-electron chi connectivity index (χ1n) is 7.83. The molecule has 2 heterocycles.